The highest BCUT2D eigenvalue weighted by molar-refractivity contribution is 9.10. The maximum atomic E-state index is 12.5. The van der Waals surface area contributed by atoms with Crippen LogP contribution in [0.2, 0.25) is 0 Å². The van der Waals surface area contributed by atoms with Crippen LogP contribution in [-0.4, -0.2) is 10.9 Å². The number of hydrogen-bond donors (Lipinski definition) is 3. The number of halogens is 1. The molecule has 0 saturated carbocycles. The van der Waals surface area contributed by atoms with Crippen LogP contribution in [0.4, 0.5) is 5.69 Å². The molecule has 0 aliphatic carbocycles. The summed E-state index contributed by atoms with van der Waals surface area (Å²) in [5.41, 5.74) is 8.89. The highest BCUT2D eigenvalue weighted by atomic mass is 79.9. The van der Waals surface area contributed by atoms with E-state index in [9.17, 15) is 4.79 Å². The molecule has 21 heavy (non-hydrogen) atoms. The summed E-state index contributed by atoms with van der Waals surface area (Å²) in [5.74, 6) is -0.143. The van der Waals surface area contributed by atoms with Crippen molar-refractivity contribution in [2.24, 2.45) is 5.73 Å². The van der Waals surface area contributed by atoms with Crippen LogP contribution in [-0.2, 0) is 6.54 Å². The summed E-state index contributed by atoms with van der Waals surface area (Å²) in [5, 5.41) is 3.81. The molecule has 0 saturated heterocycles. The number of anilines is 1. The molecule has 0 aliphatic rings. The molecule has 4 nitrogen and oxygen atoms in total. The number of nitrogens with one attached hydrogen (secondary N) is 2. The molecule has 0 spiro atoms. The van der Waals surface area contributed by atoms with Gasteiger partial charge in [-0.25, -0.2) is 0 Å². The topological polar surface area (TPSA) is 70.9 Å². The minimum atomic E-state index is -0.143. The molecule has 1 heterocycles. The summed E-state index contributed by atoms with van der Waals surface area (Å²) < 4.78 is 0.860. The van der Waals surface area contributed by atoms with Crippen LogP contribution >= 0.6 is 15.9 Å². The first-order valence-corrected chi connectivity index (χ1v) is 7.33. The summed E-state index contributed by atoms with van der Waals surface area (Å²) in [6.07, 6.45) is 1.82. The van der Waals surface area contributed by atoms with Gasteiger partial charge in [-0.2, -0.15) is 0 Å². The van der Waals surface area contributed by atoms with E-state index in [1.54, 1.807) is 0 Å². The lowest BCUT2D eigenvalue weighted by Gasteiger charge is -2.08. The maximum absolute atomic E-state index is 12.5. The van der Waals surface area contributed by atoms with E-state index in [4.69, 9.17) is 5.73 Å². The van der Waals surface area contributed by atoms with E-state index in [1.165, 1.54) is 0 Å². The monoisotopic (exact) mass is 343 g/mol. The fourth-order valence-corrected chi connectivity index (χ4v) is 2.75. The predicted octanol–water partition coefficient (Wildman–Crippen LogP) is 3.64. The molecule has 3 rings (SSSR count). The standard InChI is InChI=1S/C16H14BrN3O/c17-11-7-14(13-4-5-19-15(13)8-11)16(21)20-12-3-1-2-10(6-12)9-18/h1-8,19H,9,18H2,(H,20,21). The van der Waals surface area contributed by atoms with Gasteiger partial charge in [-0.1, -0.05) is 28.1 Å². The van der Waals surface area contributed by atoms with Crippen molar-refractivity contribution in [2.45, 2.75) is 6.54 Å². The Labute approximate surface area is 130 Å². The smallest absolute Gasteiger partial charge is 0.256 e. The van der Waals surface area contributed by atoms with Gasteiger partial charge in [0.15, 0.2) is 0 Å². The van der Waals surface area contributed by atoms with Crippen molar-refractivity contribution < 1.29 is 4.79 Å². The molecule has 2 aromatic carbocycles. The van der Waals surface area contributed by atoms with Gasteiger partial charge in [-0.15, -0.1) is 0 Å². The number of fused-ring (bicyclic) bond motifs is 1. The summed E-state index contributed by atoms with van der Waals surface area (Å²) in [6, 6.07) is 13.2. The van der Waals surface area contributed by atoms with Crippen molar-refractivity contribution in [1.29, 1.82) is 0 Å². The molecule has 1 amide bonds. The molecular formula is C16H14BrN3O. The molecule has 1 aromatic heterocycles. The van der Waals surface area contributed by atoms with Gasteiger partial charge in [0, 0.05) is 33.8 Å². The normalized spacial score (nSPS) is 10.8. The van der Waals surface area contributed by atoms with Gasteiger partial charge in [0.1, 0.15) is 0 Å². The second kappa shape index (κ2) is 5.71. The zero-order valence-electron chi connectivity index (χ0n) is 11.2. The van der Waals surface area contributed by atoms with Gasteiger partial charge in [0.25, 0.3) is 5.91 Å². The SMILES string of the molecule is NCc1cccc(NC(=O)c2cc(Br)cc3[nH]ccc23)c1. The van der Waals surface area contributed by atoms with Crippen molar-refractivity contribution in [3.8, 4) is 0 Å². The fraction of sp³-hybridized carbons (Fsp3) is 0.0625. The summed E-state index contributed by atoms with van der Waals surface area (Å²) in [7, 11) is 0. The molecule has 3 aromatic rings. The minimum Gasteiger partial charge on any atom is -0.361 e. The number of amides is 1. The van der Waals surface area contributed by atoms with Gasteiger partial charge in [0.2, 0.25) is 0 Å². The molecule has 4 N–H and O–H groups in total. The number of hydrogen-bond acceptors (Lipinski definition) is 2. The first-order valence-electron chi connectivity index (χ1n) is 6.54. The van der Waals surface area contributed by atoms with E-state index in [1.807, 2.05) is 48.7 Å². The highest BCUT2D eigenvalue weighted by Gasteiger charge is 2.12. The van der Waals surface area contributed by atoms with Gasteiger partial charge in [-0.3, -0.25) is 4.79 Å². The van der Waals surface area contributed by atoms with Crippen LogP contribution in [0.5, 0.6) is 0 Å². The average Bonchev–Trinajstić information content (AvgIpc) is 2.94. The number of nitrogens with two attached hydrogens (primary N) is 1. The molecule has 0 bridgehead atoms. The number of carbonyl (C=O) groups is 1. The van der Waals surface area contributed by atoms with Crippen LogP contribution in [0.3, 0.4) is 0 Å². The lowest BCUT2D eigenvalue weighted by molar-refractivity contribution is 0.102. The maximum Gasteiger partial charge on any atom is 0.256 e. The third-order valence-electron chi connectivity index (χ3n) is 3.30. The number of aromatic nitrogens is 1. The summed E-state index contributed by atoms with van der Waals surface area (Å²) in [6.45, 7) is 0.447. The van der Waals surface area contributed by atoms with Crippen molar-refractivity contribution in [1.82, 2.24) is 4.98 Å². The third kappa shape index (κ3) is 2.84. The van der Waals surface area contributed by atoms with E-state index in [-0.39, 0.29) is 5.91 Å². The van der Waals surface area contributed by atoms with Crippen LogP contribution < -0.4 is 11.1 Å². The van der Waals surface area contributed by atoms with Crippen LogP contribution in [0.15, 0.2) is 53.1 Å². The number of H-pyrrole nitrogens is 1. The molecular weight excluding hydrogens is 330 g/mol. The molecule has 0 unspecified atom stereocenters. The third-order valence-corrected chi connectivity index (χ3v) is 3.76. The Kier molecular flexibility index (Phi) is 3.77. The predicted molar refractivity (Wildman–Crippen MR) is 88.3 cm³/mol. The van der Waals surface area contributed by atoms with E-state index in [0.29, 0.717) is 12.1 Å². The summed E-state index contributed by atoms with van der Waals surface area (Å²) in [4.78, 5) is 15.6. The van der Waals surface area contributed by atoms with Crippen LogP contribution in [0, 0.1) is 0 Å². The van der Waals surface area contributed by atoms with Crippen molar-refractivity contribution in [3.05, 3.63) is 64.3 Å². The van der Waals surface area contributed by atoms with Gasteiger partial charge < -0.3 is 16.0 Å². The second-order valence-electron chi connectivity index (χ2n) is 4.75. The highest BCUT2D eigenvalue weighted by Crippen LogP contribution is 2.24. The Morgan fingerprint density at radius 1 is 1.24 bits per heavy atom. The van der Waals surface area contributed by atoms with Crippen molar-refractivity contribution >= 4 is 38.4 Å². The zero-order chi connectivity index (χ0) is 14.8. The van der Waals surface area contributed by atoms with Gasteiger partial charge >= 0.3 is 0 Å². The second-order valence-corrected chi connectivity index (χ2v) is 5.67. The molecule has 5 heteroatoms. The van der Waals surface area contributed by atoms with E-state index in [0.717, 1.165) is 26.6 Å². The lowest BCUT2D eigenvalue weighted by Crippen LogP contribution is -2.12. The largest absolute Gasteiger partial charge is 0.361 e. The number of aromatic amines is 1. The van der Waals surface area contributed by atoms with Crippen molar-refractivity contribution in [3.63, 3.8) is 0 Å². The quantitative estimate of drug-likeness (QED) is 0.679. The number of benzene rings is 2. The Bertz CT molecular complexity index is 810. The van der Waals surface area contributed by atoms with Crippen molar-refractivity contribution in [2.75, 3.05) is 5.32 Å². The Morgan fingerprint density at radius 3 is 2.90 bits per heavy atom. The van der Waals surface area contributed by atoms with Gasteiger partial charge in [-0.05, 0) is 35.9 Å². The first-order chi connectivity index (χ1) is 10.2. The Hall–Kier alpha value is -2.11. The first kappa shape index (κ1) is 13.9. The van der Waals surface area contributed by atoms with Crippen LogP contribution in [0.25, 0.3) is 10.9 Å². The molecule has 106 valence electrons. The molecule has 0 atom stereocenters. The zero-order valence-corrected chi connectivity index (χ0v) is 12.8. The number of rotatable bonds is 3. The van der Waals surface area contributed by atoms with E-state index in [2.05, 4.69) is 26.2 Å². The average molecular weight is 344 g/mol. The minimum absolute atomic E-state index is 0.143. The molecule has 0 aliphatic heterocycles. The van der Waals surface area contributed by atoms with Crippen LogP contribution in [0.1, 0.15) is 15.9 Å². The lowest BCUT2D eigenvalue weighted by atomic mass is 10.1. The Balaban J connectivity index is 1.95. The fourth-order valence-electron chi connectivity index (χ4n) is 2.29. The van der Waals surface area contributed by atoms with E-state index < -0.39 is 0 Å². The van der Waals surface area contributed by atoms with Gasteiger partial charge in [0.05, 0.1) is 5.56 Å². The molecule has 0 fully saturated rings. The Morgan fingerprint density at radius 2 is 2.10 bits per heavy atom. The number of carbonyl (C=O) groups excluding carboxylic acids is 1. The molecule has 0 radical (unpaired) electrons. The summed E-state index contributed by atoms with van der Waals surface area (Å²) >= 11 is 3.43. The van der Waals surface area contributed by atoms with E-state index >= 15 is 0 Å².